The van der Waals surface area contributed by atoms with E-state index in [9.17, 15) is 4.79 Å². The summed E-state index contributed by atoms with van der Waals surface area (Å²) < 4.78 is 0. The topological polar surface area (TPSA) is 35.6 Å². The van der Waals surface area contributed by atoms with Gasteiger partial charge in [0.2, 0.25) is 5.91 Å². The Bertz CT molecular complexity index is 742. The van der Waals surface area contributed by atoms with Crippen molar-refractivity contribution in [2.45, 2.75) is 39.2 Å². The molecule has 0 radical (unpaired) electrons. The molecule has 1 N–H and O–H groups in total. The molecule has 1 saturated heterocycles. The van der Waals surface area contributed by atoms with Gasteiger partial charge in [0.05, 0.1) is 0 Å². The molecule has 2 aromatic rings. The Labute approximate surface area is 169 Å². The number of rotatable bonds is 6. The van der Waals surface area contributed by atoms with Gasteiger partial charge in [-0.15, -0.1) is 0 Å². The van der Waals surface area contributed by atoms with Crippen LogP contribution >= 0.6 is 0 Å². The summed E-state index contributed by atoms with van der Waals surface area (Å²) in [4.78, 5) is 16.9. The van der Waals surface area contributed by atoms with Crippen LogP contribution in [-0.2, 0) is 16.8 Å². The van der Waals surface area contributed by atoms with E-state index < -0.39 is 0 Å². The van der Waals surface area contributed by atoms with Crippen LogP contribution in [0, 0.1) is 0 Å². The van der Waals surface area contributed by atoms with E-state index >= 15 is 0 Å². The average molecular weight is 380 g/mol. The third-order valence-corrected chi connectivity index (χ3v) is 5.39. The van der Waals surface area contributed by atoms with E-state index in [1.807, 2.05) is 11.0 Å². The van der Waals surface area contributed by atoms with Crippen LogP contribution in [0.15, 0.2) is 54.6 Å². The predicted molar refractivity (Wildman–Crippen MR) is 117 cm³/mol. The lowest BCUT2D eigenvalue weighted by molar-refractivity contribution is -0.132. The van der Waals surface area contributed by atoms with E-state index in [4.69, 9.17) is 0 Å². The second-order valence-corrected chi connectivity index (χ2v) is 8.65. The summed E-state index contributed by atoms with van der Waals surface area (Å²) in [6.07, 6.45) is 0.541. The maximum absolute atomic E-state index is 12.5. The number of anilines is 1. The third-order valence-electron chi connectivity index (χ3n) is 5.39. The highest BCUT2D eigenvalue weighted by molar-refractivity contribution is 5.76. The third kappa shape index (κ3) is 5.83. The standard InChI is InChI=1S/C24H33N3O/c1-24(2,3)21-9-11-22(12-10-21)25-14-13-23(28)27-17-15-26(16-18-27)19-20-7-5-4-6-8-20/h4-12,25H,13-19H2,1-3H3. The van der Waals surface area contributed by atoms with Gasteiger partial charge in [0.15, 0.2) is 0 Å². The molecule has 4 nitrogen and oxygen atoms in total. The van der Waals surface area contributed by atoms with Crippen molar-refractivity contribution >= 4 is 11.6 Å². The second-order valence-electron chi connectivity index (χ2n) is 8.65. The van der Waals surface area contributed by atoms with Crippen molar-refractivity contribution in [2.24, 2.45) is 0 Å². The molecular weight excluding hydrogens is 346 g/mol. The lowest BCUT2D eigenvalue weighted by atomic mass is 9.87. The minimum absolute atomic E-state index is 0.164. The summed E-state index contributed by atoms with van der Waals surface area (Å²) in [7, 11) is 0. The molecule has 0 bridgehead atoms. The van der Waals surface area contributed by atoms with Gasteiger partial charge in [-0.2, -0.15) is 0 Å². The molecular formula is C24H33N3O. The van der Waals surface area contributed by atoms with Crippen molar-refractivity contribution in [3.8, 4) is 0 Å². The van der Waals surface area contributed by atoms with Gasteiger partial charge in [-0.1, -0.05) is 63.2 Å². The first-order valence-corrected chi connectivity index (χ1v) is 10.3. The summed E-state index contributed by atoms with van der Waals surface area (Å²) in [5.41, 5.74) is 3.90. The predicted octanol–water partition coefficient (Wildman–Crippen LogP) is 4.13. The van der Waals surface area contributed by atoms with Crippen molar-refractivity contribution in [1.82, 2.24) is 9.80 Å². The molecule has 0 unspecified atom stereocenters. The fraction of sp³-hybridized carbons (Fsp3) is 0.458. The van der Waals surface area contributed by atoms with Gasteiger partial charge >= 0.3 is 0 Å². The van der Waals surface area contributed by atoms with Gasteiger partial charge in [0, 0.05) is 51.4 Å². The Morgan fingerprint density at radius 3 is 2.18 bits per heavy atom. The maximum atomic E-state index is 12.5. The van der Waals surface area contributed by atoms with Crippen LogP contribution in [0.25, 0.3) is 0 Å². The normalized spacial score (nSPS) is 15.5. The minimum Gasteiger partial charge on any atom is -0.385 e. The molecule has 28 heavy (non-hydrogen) atoms. The van der Waals surface area contributed by atoms with E-state index in [1.165, 1.54) is 11.1 Å². The number of nitrogens with one attached hydrogen (secondary N) is 1. The van der Waals surface area contributed by atoms with E-state index in [2.05, 4.69) is 79.5 Å². The van der Waals surface area contributed by atoms with E-state index in [0.29, 0.717) is 13.0 Å². The SMILES string of the molecule is CC(C)(C)c1ccc(NCCC(=O)N2CCN(Cc3ccccc3)CC2)cc1. The maximum Gasteiger partial charge on any atom is 0.224 e. The molecule has 3 rings (SSSR count). The Morgan fingerprint density at radius 1 is 0.929 bits per heavy atom. The summed E-state index contributed by atoms with van der Waals surface area (Å²) in [5.74, 6) is 0.248. The molecule has 1 aliphatic heterocycles. The van der Waals surface area contributed by atoms with Crippen LogP contribution in [0.1, 0.15) is 38.3 Å². The summed E-state index contributed by atoms with van der Waals surface area (Å²) in [5, 5.41) is 3.38. The van der Waals surface area contributed by atoms with E-state index in [1.54, 1.807) is 0 Å². The van der Waals surface area contributed by atoms with Crippen molar-refractivity contribution in [1.29, 1.82) is 0 Å². The molecule has 1 fully saturated rings. The highest BCUT2D eigenvalue weighted by Gasteiger charge is 2.20. The summed E-state index contributed by atoms with van der Waals surface area (Å²) >= 11 is 0. The first kappa shape index (κ1) is 20.4. The molecule has 1 aliphatic rings. The van der Waals surface area contributed by atoms with E-state index in [0.717, 1.165) is 38.4 Å². The van der Waals surface area contributed by atoms with E-state index in [-0.39, 0.29) is 11.3 Å². The van der Waals surface area contributed by atoms with Gasteiger partial charge < -0.3 is 10.2 Å². The quantitative estimate of drug-likeness (QED) is 0.820. The van der Waals surface area contributed by atoms with Crippen LogP contribution in [0.4, 0.5) is 5.69 Å². The van der Waals surface area contributed by atoms with Crippen LogP contribution in [0.3, 0.4) is 0 Å². The van der Waals surface area contributed by atoms with Crippen LogP contribution in [0.5, 0.6) is 0 Å². The van der Waals surface area contributed by atoms with Crippen LogP contribution < -0.4 is 5.32 Å². The van der Waals surface area contributed by atoms with Gasteiger partial charge in [-0.3, -0.25) is 9.69 Å². The average Bonchev–Trinajstić information content (AvgIpc) is 2.69. The Hall–Kier alpha value is -2.33. The number of carbonyl (C=O) groups excluding carboxylic acids is 1. The molecule has 4 heteroatoms. The Kier molecular flexibility index (Phi) is 6.74. The lowest BCUT2D eigenvalue weighted by Gasteiger charge is -2.34. The first-order valence-electron chi connectivity index (χ1n) is 10.3. The number of nitrogens with zero attached hydrogens (tertiary/aromatic N) is 2. The molecule has 0 aromatic heterocycles. The molecule has 1 amide bonds. The zero-order valence-electron chi connectivity index (χ0n) is 17.4. The Balaban J connectivity index is 1.38. The number of hydrogen-bond acceptors (Lipinski definition) is 3. The molecule has 0 saturated carbocycles. The van der Waals surface area contributed by atoms with Crippen molar-refractivity contribution in [3.05, 3.63) is 65.7 Å². The summed E-state index contributed by atoms with van der Waals surface area (Å²) in [6.45, 7) is 11.8. The number of piperazine rings is 1. The number of amides is 1. The zero-order chi connectivity index (χ0) is 20.0. The van der Waals surface area contributed by atoms with Gasteiger partial charge in [-0.05, 0) is 28.7 Å². The number of hydrogen-bond donors (Lipinski definition) is 1. The molecule has 1 heterocycles. The second kappa shape index (κ2) is 9.24. The molecule has 2 aromatic carbocycles. The lowest BCUT2D eigenvalue weighted by Crippen LogP contribution is -2.48. The Morgan fingerprint density at radius 2 is 1.57 bits per heavy atom. The fourth-order valence-electron chi connectivity index (χ4n) is 3.56. The van der Waals surface area contributed by atoms with Crippen molar-refractivity contribution in [3.63, 3.8) is 0 Å². The monoisotopic (exact) mass is 379 g/mol. The molecule has 150 valence electrons. The first-order chi connectivity index (χ1) is 13.4. The fourth-order valence-corrected chi connectivity index (χ4v) is 3.56. The highest BCUT2D eigenvalue weighted by atomic mass is 16.2. The smallest absolute Gasteiger partial charge is 0.224 e. The molecule has 0 atom stereocenters. The number of benzene rings is 2. The minimum atomic E-state index is 0.164. The van der Waals surface area contributed by atoms with Gasteiger partial charge in [0.1, 0.15) is 0 Å². The number of carbonyl (C=O) groups is 1. The highest BCUT2D eigenvalue weighted by Crippen LogP contribution is 2.23. The summed E-state index contributed by atoms with van der Waals surface area (Å²) in [6, 6.07) is 19.1. The molecule has 0 aliphatic carbocycles. The van der Waals surface area contributed by atoms with Gasteiger partial charge in [0.25, 0.3) is 0 Å². The van der Waals surface area contributed by atoms with Crippen LogP contribution in [0.2, 0.25) is 0 Å². The zero-order valence-corrected chi connectivity index (χ0v) is 17.4. The van der Waals surface area contributed by atoms with Gasteiger partial charge in [-0.25, -0.2) is 0 Å². The molecule has 0 spiro atoms. The largest absolute Gasteiger partial charge is 0.385 e. The van der Waals surface area contributed by atoms with Crippen molar-refractivity contribution in [2.75, 3.05) is 38.0 Å². The van der Waals surface area contributed by atoms with Crippen molar-refractivity contribution < 1.29 is 4.79 Å². The van der Waals surface area contributed by atoms with Crippen LogP contribution in [-0.4, -0.2) is 48.4 Å².